The summed E-state index contributed by atoms with van der Waals surface area (Å²) >= 11 is 0. The van der Waals surface area contributed by atoms with Gasteiger partial charge < -0.3 is 10.1 Å². The Morgan fingerprint density at radius 3 is 2.38 bits per heavy atom. The van der Waals surface area contributed by atoms with Gasteiger partial charge in [0.1, 0.15) is 0 Å². The average Bonchev–Trinajstić information content (AvgIpc) is 2.79. The van der Waals surface area contributed by atoms with Gasteiger partial charge in [-0.1, -0.05) is 39.5 Å². The molecular formula is C14H29NO. The smallest absolute Gasteiger partial charge is 0.0830 e. The highest BCUT2D eigenvalue weighted by Crippen LogP contribution is 2.37. The molecule has 0 aromatic rings. The van der Waals surface area contributed by atoms with Gasteiger partial charge in [0.2, 0.25) is 0 Å². The van der Waals surface area contributed by atoms with Crippen LogP contribution in [0.4, 0.5) is 0 Å². The van der Waals surface area contributed by atoms with Gasteiger partial charge in [-0.05, 0) is 32.2 Å². The van der Waals surface area contributed by atoms with Crippen molar-refractivity contribution in [2.75, 3.05) is 13.7 Å². The Balaban J connectivity index is 2.56. The van der Waals surface area contributed by atoms with Crippen LogP contribution >= 0.6 is 0 Å². The van der Waals surface area contributed by atoms with Crippen LogP contribution in [0.5, 0.6) is 0 Å². The zero-order valence-electron chi connectivity index (χ0n) is 11.3. The van der Waals surface area contributed by atoms with Crippen LogP contribution < -0.4 is 5.32 Å². The van der Waals surface area contributed by atoms with E-state index in [4.69, 9.17) is 4.74 Å². The quantitative estimate of drug-likeness (QED) is 0.685. The van der Waals surface area contributed by atoms with Crippen LogP contribution in [0.25, 0.3) is 0 Å². The first kappa shape index (κ1) is 14.0. The number of rotatable bonds is 8. The lowest BCUT2D eigenvalue weighted by atomic mass is 9.88. The molecule has 0 radical (unpaired) electrons. The van der Waals surface area contributed by atoms with Crippen LogP contribution in [0.2, 0.25) is 0 Å². The number of ether oxygens (including phenoxy) is 1. The van der Waals surface area contributed by atoms with Crippen molar-refractivity contribution in [3.8, 4) is 0 Å². The molecule has 2 nitrogen and oxygen atoms in total. The Morgan fingerprint density at radius 1 is 1.19 bits per heavy atom. The molecule has 96 valence electrons. The highest BCUT2D eigenvalue weighted by Gasteiger charge is 2.40. The molecule has 0 bridgehead atoms. The standard InChI is InChI=1S/C14H29NO/c1-4-6-9-13(15-12-5-2)14(16-3)10-7-8-11-14/h13,15H,4-12H2,1-3H3. The van der Waals surface area contributed by atoms with Crippen molar-refractivity contribution in [2.45, 2.75) is 76.9 Å². The molecular weight excluding hydrogens is 198 g/mol. The third kappa shape index (κ3) is 3.46. The molecule has 1 rings (SSSR count). The SMILES string of the molecule is CCCCC(NCCC)C1(OC)CCCC1. The van der Waals surface area contributed by atoms with Gasteiger partial charge in [0.05, 0.1) is 5.60 Å². The molecule has 0 amide bonds. The summed E-state index contributed by atoms with van der Waals surface area (Å²) in [5, 5.41) is 3.71. The first-order valence-electron chi connectivity index (χ1n) is 7.07. The second-order valence-electron chi connectivity index (χ2n) is 5.12. The van der Waals surface area contributed by atoms with E-state index in [1.807, 2.05) is 7.11 Å². The summed E-state index contributed by atoms with van der Waals surface area (Å²) < 4.78 is 5.89. The molecule has 0 aliphatic heterocycles. The summed E-state index contributed by atoms with van der Waals surface area (Å²) in [7, 11) is 1.90. The summed E-state index contributed by atoms with van der Waals surface area (Å²) in [6, 6.07) is 0.569. The second kappa shape index (κ2) is 7.29. The molecule has 0 spiro atoms. The molecule has 1 aliphatic carbocycles. The Morgan fingerprint density at radius 2 is 1.88 bits per heavy atom. The molecule has 16 heavy (non-hydrogen) atoms. The van der Waals surface area contributed by atoms with Gasteiger partial charge in [-0.15, -0.1) is 0 Å². The summed E-state index contributed by atoms with van der Waals surface area (Å²) in [6.07, 6.45) is 10.2. The molecule has 0 aromatic heterocycles. The monoisotopic (exact) mass is 227 g/mol. The lowest BCUT2D eigenvalue weighted by Gasteiger charge is -2.37. The largest absolute Gasteiger partial charge is 0.377 e. The van der Waals surface area contributed by atoms with Gasteiger partial charge in [0, 0.05) is 13.2 Å². The van der Waals surface area contributed by atoms with E-state index in [2.05, 4.69) is 19.2 Å². The molecule has 1 fully saturated rings. The zero-order chi connectivity index (χ0) is 11.9. The first-order chi connectivity index (χ1) is 7.79. The third-order valence-corrected chi connectivity index (χ3v) is 3.98. The molecule has 1 aliphatic rings. The van der Waals surface area contributed by atoms with E-state index in [0.717, 1.165) is 6.54 Å². The van der Waals surface area contributed by atoms with E-state index < -0.39 is 0 Å². The molecule has 0 heterocycles. The molecule has 0 saturated heterocycles. The average molecular weight is 227 g/mol. The van der Waals surface area contributed by atoms with Crippen molar-refractivity contribution < 1.29 is 4.74 Å². The van der Waals surface area contributed by atoms with Gasteiger partial charge in [-0.3, -0.25) is 0 Å². The highest BCUT2D eigenvalue weighted by molar-refractivity contribution is 4.96. The van der Waals surface area contributed by atoms with Gasteiger partial charge in [-0.2, -0.15) is 0 Å². The molecule has 0 aromatic carbocycles. The number of methoxy groups -OCH3 is 1. The third-order valence-electron chi connectivity index (χ3n) is 3.98. The summed E-state index contributed by atoms with van der Waals surface area (Å²) in [5.41, 5.74) is 0.143. The van der Waals surface area contributed by atoms with Gasteiger partial charge in [0.25, 0.3) is 0 Å². The van der Waals surface area contributed by atoms with Crippen molar-refractivity contribution in [2.24, 2.45) is 0 Å². The molecule has 1 atom stereocenters. The Bertz CT molecular complexity index is 168. The van der Waals surface area contributed by atoms with Gasteiger partial charge >= 0.3 is 0 Å². The first-order valence-corrected chi connectivity index (χ1v) is 7.07. The van der Waals surface area contributed by atoms with Crippen LogP contribution in [0, 0.1) is 0 Å². The molecule has 1 N–H and O–H groups in total. The Labute approximate surface area is 101 Å². The number of nitrogens with one attached hydrogen (secondary N) is 1. The maximum atomic E-state index is 5.89. The fourth-order valence-corrected chi connectivity index (χ4v) is 2.95. The van der Waals surface area contributed by atoms with Crippen LogP contribution in [-0.4, -0.2) is 25.3 Å². The number of hydrogen-bond acceptors (Lipinski definition) is 2. The highest BCUT2D eigenvalue weighted by atomic mass is 16.5. The van der Waals surface area contributed by atoms with Crippen molar-refractivity contribution in [3.63, 3.8) is 0 Å². The van der Waals surface area contributed by atoms with Crippen LogP contribution in [0.3, 0.4) is 0 Å². The van der Waals surface area contributed by atoms with Gasteiger partial charge in [0.15, 0.2) is 0 Å². The number of hydrogen-bond donors (Lipinski definition) is 1. The molecule has 1 unspecified atom stereocenters. The van der Waals surface area contributed by atoms with Crippen molar-refractivity contribution in [1.82, 2.24) is 5.32 Å². The minimum atomic E-state index is 0.143. The van der Waals surface area contributed by atoms with Crippen LogP contribution in [0.15, 0.2) is 0 Å². The fraction of sp³-hybridized carbons (Fsp3) is 1.00. The van der Waals surface area contributed by atoms with E-state index in [-0.39, 0.29) is 5.60 Å². The topological polar surface area (TPSA) is 21.3 Å². The number of unbranched alkanes of at least 4 members (excludes halogenated alkanes) is 1. The summed E-state index contributed by atoms with van der Waals surface area (Å²) in [6.45, 7) is 5.63. The minimum Gasteiger partial charge on any atom is -0.377 e. The van der Waals surface area contributed by atoms with E-state index in [9.17, 15) is 0 Å². The lowest BCUT2D eigenvalue weighted by molar-refractivity contribution is -0.0382. The van der Waals surface area contributed by atoms with Crippen LogP contribution in [0.1, 0.15) is 65.2 Å². The van der Waals surface area contributed by atoms with E-state index >= 15 is 0 Å². The maximum Gasteiger partial charge on any atom is 0.0830 e. The van der Waals surface area contributed by atoms with E-state index in [0.29, 0.717) is 6.04 Å². The maximum absolute atomic E-state index is 5.89. The van der Waals surface area contributed by atoms with E-state index in [1.165, 1.54) is 51.4 Å². The second-order valence-corrected chi connectivity index (χ2v) is 5.12. The van der Waals surface area contributed by atoms with Crippen molar-refractivity contribution in [3.05, 3.63) is 0 Å². The predicted octanol–water partition coefficient (Wildman–Crippen LogP) is 3.50. The lowest BCUT2D eigenvalue weighted by Crippen LogP contribution is -2.50. The molecule has 1 saturated carbocycles. The fourth-order valence-electron chi connectivity index (χ4n) is 2.95. The van der Waals surface area contributed by atoms with Crippen LogP contribution in [-0.2, 0) is 4.74 Å². The summed E-state index contributed by atoms with van der Waals surface area (Å²) in [4.78, 5) is 0. The normalized spacial score (nSPS) is 21.2. The minimum absolute atomic E-state index is 0.143. The summed E-state index contributed by atoms with van der Waals surface area (Å²) in [5.74, 6) is 0. The van der Waals surface area contributed by atoms with Crippen molar-refractivity contribution >= 4 is 0 Å². The van der Waals surface area contributed by atoms with E-state index in [1.54, 1.807) is 0 Å². The zero-order valence-corrected chi connectivity index (χ0v) is 11.3. The Kier molecular flexibility index (Phi) is 6.37. The predicted molar refractivity (Wildman–Crippen MR) is 69.8 cm³/mol. The molecule has 2 heteroatoms. The Hall–Kier alpha value is -0.0800. The van der Waals surface area contributed by atoms with Gasteiger partial charge in [-0.25, -0.2) is 0 Å². The van der Waals surface area contributed by atoms with Crippen molar-refractivity contribution in [1.29, 1.82) is 0 Å².